The summed E-state index contributed by atoms with van der Waals surface area (Å²) >= 11 is 0. The van der Waals surface area contributed by atoms with Gasteiger partial charge in [0.15, 0.2) is 0 Å². The molecule has 0 bridgehead atoms. The minimum absolute atomic E-state index is 0.937. The Hall–Kier alpha value is -4.13. The molecule has 0 saturated carbocycles. The van der Waals surface area contributed by atoms with E-state index in [2.05, 4.69) is 74.3 Å². The van der Waals surface area contributed by atoms with Gasteiger partial charge in [0.25, 0.3) is 0 Å². The summed E-state index contributed by atoms with van der Waals surface area (Å²) in [5.41, 5.74) is 6.40. The van der Waals surface area contributed by atoms with E-state index < -0.39 is 0 Å². The van der Waals surface area contributed by atoms with Crippen LogP contribution in [0.15, 0.2) is 91.5 Å². The van der Waals surface area contributed by atoms with Crippen LogP contribution in [0.4, 0.5) is 0 Å². The summed E-state index contributed by atoms with van der Waals surface area (Å²) in [5.74, 6) is 0. The monoisotopic (exact) mass is 463 g/mol. The Bertz CT molecular complexity index is 1330. The molecule has 0 saturated heterocycles. The van der Waals surface area contributed by atoms with Gasteiger partial charge in [0.05, 0.1) is 41.4 Å². The van der Waals surface area contributed by atoms with Gasteiger partial charge in [-0.2, -0.15) is 0 Å². The van der Waals surface area contributed by atoms with Crippen molar-refractivity contribution >= 4 is 0 Å². The van der Waals surface area contributed by atoms with E-state index in [9.17, 15) is 0 Å². The molecule has 0 aliphatic rings. The third-order valence-electron chi connectivity index (χ3n) is 6.09. The number of benzene rings is 2. The van der Waals surface area contributed by atoms with Crippen LogP contribution in [0.2, 0.25) is 0 Å². The number of rotatable bonds is 11. The number of unbranched alkanes of at least 4 members (excludes halogenated alkanes) is 4. The van der Waals surface area contributed by atoms with Crippen LogP contribution in [0.3, 0.4) is 0 Å². The summed E-state index contributed by atoms with van der Waals surface area (Å²) in [6.07, 6.45) is 15.3. The summed E-state index contributed by atoms with van der Waals surface area (Å²) in [5, 5.41) is 17.3. The lowest BCUT2D eigenvalue weighted by Crippen LogP contribution is -1.97. The fraction of sp³-hybridized carbons (Fsp3) is 0.250. The quantitative estimate of drug-likeness (QED) is 0.237. The Balaban J connectivity index is 1.05. The predicted octanol–water partition coefficient (Wildman–Crippen LogP) is 5.65. The molecule has 7 nitrogen and oxygen atoms in total. The van der Waals surface area contributed by atoms with Crippen molar-refractivity contribution in [3.05, 3.63) is 103 Å². The number of aromatic nitrogens is 7. The number of aryl methyl sites for hydroxylation is 2. The van der Waals surface area contributed by atoms with Gasteiger partial charge >= 0.3 is 0 Å². The molecule has 0 amide bonds. The summed E-state index contributed by atoms with van der Waals surface area (Å²) in [7, 11) is 0. The van der Waals surface area contributed by atoms with Crippen LogP contribution in [-0.4, -0.2) is 35.0 Å². The minimum Gasteiger partial charge on any atom is -0.262 e. The van der Waals surface area contributed by atoms with Gasteiger partial charge in [-0.1, -0.05) is 78.2 Å². The average Bonchev–Trinajstić information content (AvgIpc) is 3.59. The maximum Gasteiger partial charge on any atom is 0.0846 e. The second-order valence-corrected chi connectivity index (χ2v) is 8.67. The van der Waals surface area contributed by atoms with E-state index in [1.54, 1.807) is 17.1 Å². The molecule has 7 heteroatoms. The topological polar surface area (TPSA) is 74.3 Å². The van der Waals surface area contributed by atoms with Crippen molar-refractivity contribution in [3.8, 4) is 22.5 Å². The van der Waals surface area contributed by atoms with Crippen LogP contribution in [0.1, 0.15) is 43.5 Å². The first-order valence-corrected chi connectivity index (χ1v) is 12.2. The molecule has 0 fully saturated rings. The van der Waals surface area contributed by atoms with Gasteiger partial charge in [0.1, 0.15) is 0 Å². The summed E-state index contributed by atoms with van der Waals surface area (Å²) in [6.45, 7) is 0. The van der Waals surface area contributed by atoms with Gasteiger partial charge in [-0.05, 0) is 49.4 Å². The van der Waals surface area contributed by atoms with E-state index in [0.29, 0.717) is 0 Å². The third-order valence-corrected chi connectivity index (χ3v) is 6.09. The first-order chi connectivity index (χ1) is 17.4. The molecule has 3 aromatic heterocycles. The van der Waals surface area contributed by atoms with E-state index in [4.69, 9.17) is 0 Å². The van der Waals surface area contributed by atoms with Crippen molar-refractivity contribution in [3.63, 3.8) is 0 Å². The van der Waals surface area contributed by atoms with Gasteiger partial charge in [-0.3, -0.25) is 4.98 Å². The molecule has 0 aliphatic heterocycles. The Morgan fingerprint density at radius 3 is 2.00 bits per heavy atom. The van der Waals surface area contributed by atoms with E-state index in [1.807, 2.05) is 35.1 Å². The Morgan fingerprint density at radius 1 is 0.600 bits per heavy atom. The maximum absolute atomic E-state index is 4.42. The third kappa shape index (κ3) is 5.87. The fourth-order valence-electron chi connectivity index (χ4n) is 4.24. The van der Waals surface area contributed by atoms with Crippen molar-refractivity contribution in [2.75, 3.05) is 0 Å². The van der Waals surface area contributed by atoms with E-state index >= 15 is 0 Å². The molecule has 176 valence electrons. The van der Waals surface area contributed by atoms with Crippen LogP contribution < -0.4 is 0 Å². The first kappa shape index (κ1) is 22.7. The second-order valence-electron chi connectivity index (χ2n) is 8.67. The molecule has 0 radical (unpaired) electrons. The highest BCUT2D eigenvalue weighted by atomic mass is 15.4. The van der Waals surface area contributed by atoms with Crippen molar-refractivity contribution in [1.82, 2.24) is 35.0 Å². The fourth-order valence-corrected chi connectivity index (χ4v) is 4.24. The van der Waals surface area contributed by atoms with Gasteiger partial charge in [-0.15, -0.1) is 10.2 Å². The van der Waals surface area contributed by atoms with Gasteiger partial charge in [0.2, 0.25) is 0 Å². The molecular weight excluding hydrogens is 434 g/mol. The van der Waals surface area contributed by atoms with Crippen LogP contribution in [0.25, 0.3) is 22.5 Å². The predicted molar refractivity (Wildman–Crippen MR) is 136 cm³/mol. The second kappa shape index (κ2) is 11.3. The Kier molecular flexibility index (Phi) is 7.33. The Morgan fingerprint density at radius 2 is 1.26 bits per heavy atom. The number of para-hydroxylation sites is 1. The highest BCUT2D eigenvalue weighted by Crippen LogP contribution is 2.26. The SMILES string of the molecule is c1ccc(-c2ccccc2-n2cc(CCCCCCCc3cn(-c4cccnc4)nn3)nn2)cc1. The summed E-state index contributed by atoms with van der Waals surface area (Å²) < 4.78 is 3.68. The molecule has 35 heavy (non-hydrogen) atoms. The average molecular weight is 464 g/mol. The van der Waals surface area contributed by atoms with Crippen molar-refractivity contribution in [2.45, 2.75) is 44.9 Å². The molecule has 2 aromatic carbocycles. The molecule has 5 rings (SSSR count). The highest BCUT2D eigenvalue weighted by Gasteiger charge is 2.09. The molecule has 0 aliphatic carbocycles. The minimum atomic E-state index is 0.937. The number of hydrogen-bond donors (Lipinski definition) is 0. The van der Waals surface area contributed by atoms with Crippen LogP contribution in [-0.2, 0) is 12.8 Å². The van der Waals surface area contributed by atoms with E-state index in [0.717, 1.165) is 54.0 Å². The first-order valence-electron chi connectivity index (χ1n) is 12.2. The summed E-state index contributed by atoms with van der Waals surface area (Å²) in [4.78, 5) is 4.13. The zero-order chi connectivity index (χ0) is 23.7. The Labute approximate surface area is 205 Å². The van der Waals surface area contributed by atoms with Crippen LogP contribution in [0.5, 0.6) is 0 Å². The highest BCUT2D eigenvalue weighted by molar-refractivity contribution is 5.72. The molecular formula is C28H29N7. The lowest BCUT2D eigenvalue weighted by atomic mass is 10.0. The summed E-state index contributed by atoms with van der Waals surface area (Å²) in [6, 6.07) is 22.6. The van der Waals surface area contributed by atoms with Gasteiger partial charge in [-0.25, -0.2) is 9.36 Å². The molecule has 0 atom stereocenters. The van der Waals surface area contributed by atoms with Crippen LogP contribution in [0, 0.1) is 0 Å². The zero-order valence-electron chi connectivity index (χ0n) is 19.7. The lowest BCUT2D eigenvalue weighted by Gasteiger charge is -2.08. The smallest absolute Gasteiger partial charge is 0.0846 e. The molecule has 5 aromatic rings. The van der Waals surface area contributed by atoms with Gasteiger partial charge < -0.3 is 0 Å². The maximum atomic E-state index is 4.42. The van der Waals surface area contributed by atoms with Crippen molar-refractivity contribution in [1.29, 1.82) is 0 Å². The van der Waals surface area contributed by atoms with Crippen molar-refractivity contribution < 1.29 is 0 Å². The molecule has 0 unspecified atom stereocenters. The molecule has 3 heterocycles. The molecule has 0 spiro atoms. The zero-order valence-corrected chi connectivity index (χ0v) is 19.7. The van der Waals surface area contributed by atoms with Crippen LogP contribution >= 0.6 is 0 Å². The number of hydrogen-bond acceptors (Lipinski definition) is 5. The van der Waals surface area contributed by atoms with E-state index in [-0.39, 0.29) is 0 Å². The van der Waals surface area contributed by atoms with Gasteiger partial charge in [0, 0.05) is 11.8 Å². The number of nitrogens with zero attached hydrogens (tertiary/aromatic N) is 7. The standard InChI is InChI=1S/C28H29N7/c1(2-7-14-24-21-34(32-30-24)26-16-11-19-29-20-26)3-8-15-25-22-35(33-31-25)28-18-10-9-17-27(28)23-12-5-4-6-13-23/h4-6,9-13,16-22H,1-3,7-8,14-15H2. The van der Waals surface area contributed by atoms with Crippen molar-refractivity contribution in [2.24, 2.45) is 0 Å². The largest absolute Gasteiger partial charge is 0.262 e. The lowest BCUT2D eigenvalue weighted by molar-refractivity contribution is 0.606. The number of pyridine rings is 1. The molecule has 0 N–H and O–H groups in total. The van der Waals surface area contributed by atoms with E-state index in [1.165, 1.54) is 24.8 Å². The normalized spacial score (nSPS) is 11.1.